The first-order valence-electron chi connectivity index (χ1n) is 10.00. The minimum absolute atomic E-state index is 0.124. The number of benzene rings is 2. The number of ether oxygens (including phenoxy) is 1. The van der Waals surface area contributed by atoms with Crippen molar-refractivity contribution < 1.29 is 13.9 Å². The topological polar surface area (TPSA) is 41.6 Å². The van der Waals surface area contributed by atoms with Gasteiger partial charge in [0, 0.05) is 18.8 Å². The maximum Gasteiger partial charge on any atom is 0.261 e. The molecule has 150 valence electrons. The van der Waals surface area contributed by atoms with Crippen molar-refractivity contribution in [2.45, 2.75) is 45.8 Å². The number of rotatable bonds is 6. The lowest BCUT2D eigenvalue weighted by molar-refractivity contribution is -0.127. The molecule has 2 aromatic carbocycles. The molecule has 0 aromatic heterocycles. The molecular formula is C23H29FN2O2. The van der Waals surface area contributed by atoms with Crippen molar-refractivity contribution in [3.05, 3.63) is 59.9 Å². The Morgan fingerprint density at radius 1 is 1.14 bits per heavy atom. The molecule has 3 rings (SSSR count). The van der Waals surface area contributed by atoms with Gasteiger partial charge in [-0.05, 0) is 74.6 Å². The van der Waals surface area contributed by atoms with Gasteiger partial charge in [-0.1, -0.05) is 19.1 Å². The van der Waals surface area contributed by atoms with Crippen LogP contribution in [0.15, 0.2) is 48.5 Å². The maximum atomic E-state index is 13.0. The minimum Gasteiger partial charge on any atom is -0.481 e. The van der Waals surface area contributed by atoms with Crippen LogP contribution in [-0.4, -0.2) is 25.1 Å². The summed E-state index contributed by atoms with van der Waals surface area (Å²) in [5.41, 5.74) is 2.29. The van der Waals surface area contributed by atoms with Crippen molar-refractivity contribution in [3.63, 3.8) is 0 Å². The molecule has 28 heavy (non-hydrogen) atoms. The molecular weight excluding hydrogens is 355 g/mol. The molecule has 2 aromatic rings. The van der Waals surface area contributed by atoms with Crippen LogP contribution >= 0.6 is 0 Å². The van der Waals surface area contributed by atoms with Crippen molar-refractivity contribution >= 4 is 11.6 Å². The Balaban J connectivity index is 1.55. The first-order chi connectivity index (χ1) is 13.4. The zero-order valence-electron chi connectivity index (χ0n) is 16.8. The fraction of sp³-hybridized carbons (Fsp3) is 0.435. The molecule has 4 nitrogen and oxygen atoms in total. The average molecular weight is 384 g/mol. The van der Waals surface area contributed by atoms with Crippen molar-refractivity contribution in [2.24, 2.45) is 5.92 Å². The molecule has 1 heterocycles. The van der Waals surface area contributed by atoms with E-state index < -0.39 is 6.10 Å². The highest BCUT2D eigenvalue weighted by atomic mass is 19.1. The van der Waals surface area contributed by atoms with E-state index >= 15 is 0 Å². The van der Waals surface area contributed by atoms with E-state index in [0.29, 0.717) is 5.75 Å². The third-order valence-corrected chi connectivity index (χ3v) is 5.27. The highest BCUT2D eigenvalue weighted by Crippen LogP contribution is 2.24. The number of nitrogens with zero attached hydrogens (tertiary/aromatic N) is 1. The summed E-state index contributed by atoms with van der Waals surface area (Å²) in [6.07, 6.45) is 1.87. The van der Waals surface area contributed by atoms with Gasteiger partial charge >= 0.3 is 0 Å². The van der Waals surface area contributed by atoms with Crippen molar-refractivity contribution in [3.8, 4) is 5.75 Å². The molecule has 1 saturated heterocycles. The number of anilines is 1. The fourth-order valence-corrected chi connectivity index (χ4v) is 3.58. The van der Waals surface area contributed by atoms with Gasteiger partial charge in [0.1, 0.15) is 11.6 Å². The second-order valence-electron chi connectivity index (χ2n) is 7.73. The normalized spacial score (nSPS) is 19.0. The second kappa shape index (κ2) is 9.09. The standard InChI is InChI=1S/C23H29FN2O2/c1-16-5-4-14-26(15-16)21-10-6-19(7-11-21)17(2)25-23(27)18(3)28-22-12-8-20(24)9-13-22/h6-13,16-18H,4-5,14-15H2,1-3H3,(H,25,27)/t16-,17-,18-/m1/s1. The van der Waals surface area contributed by atoms with Gasteiger partial charge in [0.15, 0.2) is 6.10 Å². The first kappa shape index (κ1) is 20.2. The summed E-state index contributed by atoms with van der Waals surface area (Å²) in [6, 6.07) is 14.0. The van der Waals surface area contributed by atoms with Crippen molar-refractivity contribution in [1.29, 1.82) is 0 Å². The summed E-state index contributed by atoms with van der Waals surface area (Å²) in [6.45, 7) is 8.15. The number of piperidine rings is 1. The fourth-order valence-electron chi connectivity index (χ4n) is 3.58. The van der Waals surface area contributed by atoms with Crippen LogP contribution in [0.1, 0.15) is 45.2 Å². The SMILES string of the molecule is C[C@@H]1CCCN(c2ccc([C@@H](C)NC(=O)[C@@H](C)Oc3ccc(F)cc3)cc2)C1. The monoisotopic (exact) mass is 384 g/mol. The van der Waals surface area contributed by atoms with Gasteiger partial charge < -0.3 is 15.0 Å². The molecule has 1 aliphatic rings. The summed E-state index contributed by atoms with van der Waals surface area (Å²) in [5, 5.41) is 2.98. The van der Waals surface area contributed by atoms with Crippen LogP contribution in [0.4, 0.5) is 10.1 Å². The van der Waals surface area contributed by atoms with Crippen LogP contribution in [0.25, 0.3) is 0 Å². The molecule has 1 N–H and O–H groups in total. The van der Waals surface area contributed by atoms with E-state index in [-0.39, 0.29) is 17.8 Å². The van der Waals surface area contributed by atoms with Gasteiger partial charge in [0.05, 0.1) is 6.04 Å². The summed E-state index contributed by atoms with van der Waals surface area (Å²) >= 11 is 0. The molecule has 0 unspecified atom stereocenters. The van der Waals surface area contributed by atoms with Crippen LogP contribution in [0.3, 0.4) is 0 Å². The Labute approximate surface area is 166 Å². The number of carbonyl (C=O) groups is 1. The number of amides is 1. The second-order valence-corrected chi connectivity index (χ2v) is 7.73. The Bertz CT molecular complexity index is 776. The van der Waals surface area contributed by atoms with Crippen LogP contribution < -0.4 is 15.0 Å². The zero-order valence-corrected chi connectivity index (χ0v) is 16.8. The molecule has 0 bridgehead atoms. The van der Waals surface area contributed by atoms with Crippen LogP contribution in [0.5, 0.6) is 5.75 Å². The van der Waals surface area contributed by atoms with Gasteiger partial charge in [-0.2, -0.15) is 0 Å². The van der Waals surface area contributed by atoms with Gasteiger partial charge in [0.2, 0.25) is 0 Å². The van der Waals surface area contributed by atoms with Crippen LogP contribution in [-0.2, 0) is 4.79 Å². The zero-order chi connectivity index (χ0) is 20.1. The predicted molar refractivity (Wildman–Crippen MR) is 110 cm³/mol. The Kier molecular flexibility index (Phi) is 6.55. The Morgan fingerprint density at radius 2 is 1.82 bits per heavy atom. The summed E-state index contributed by atoms with van der Waals surface area (Å²) in [4.78, 5) is 14.9. The summed E-state index contributed by atoms with van der Waals surface area (Å²) in [7, 11) is 0. The van der Waals surface area contributed by atoms with Crippen molar-refractivity contribution in [1.82, 2.24) is 5.32 Å². The molecule has 1 aliphatic heterocycles. The third kappa shape index (κ3) is 5.24. The smallest absolute Gasteiger partial charge is 0.261 e. The molecule has 1 amide bonds. The first-order valence-corrected chi connectivity index (χ1v) is 10.00. The molecule has 3 atom stereocenters. The van der Waals surface area contributed by atoms with Crippen molar-refractivity contribution in [2.75, 3.05) is 18.0 Å². The van der Waals surface area contributed by atoms with E-state index in [1.165, 1.54) is 42.8 Å². The van der Waals surface area contributed by atoms with E-state index in [1.54, 1.807) is 6.92 Å². The van der Waals surface area contributed by atoms with Crippen LogP contribution in [0, 0.1) is 11.7 Å². The van der Waals surface area contributed by atoms with E-state index in [9.17, 15) is 9.18 Å². The number of hydrogen-bond acceptors (Lipinski definition) is 3. The minimum atomic E-state index is -0.665. The van der Waals surface area contributed by atoms with Gasteiger partial charge in [-0.15, -0.1) is 0 Å². The predicted octanol–water partition coefficient (Wildman–Crippen LogP) is 4.71. The van der Waals surface area contributed by atoms with Gasteiger partial charge in [-0.3, -0.25) is 4.79 Å². The van der Waals surface area contributed by atoms with E-state index in [1.807, 2.05) is 6.92 Å². The maximum absolute atomic E-state index is 13.0. The lowest BCUT2D eigenvalue weighted by Crippen LogP contribution is -2.37. The highest BCUT2D eigenvalue weighted by Gasteiger charge is 2.19. The number of halogens is 1. The number of nitrogens with one attached hydrogen (secondary N) is 1. The molecule has 0 saturated carbocycles. The Morgan fingerprint density at radius 3 is 2.46 bits per heavy atom. The van der Waals surface area contributed by atoms with E-state index in [2.05, 4.69) is 41.4 Å². The lowest BCUT2D eigenvalue weighted by atomic mass is 9.99. The summed E-state index contributed by atoms with van der Waals surface area (Å²) in [5.74, 6) is 0.664. The number of carbonyl (C=O) groups excluding carboxylic acids is 1. The quantitative estimate of drug-likeness (QED) is 0.784. The van der Waals surface area contributed by atoms with Gasteiger partial charge in [-0.25, -0.2) is 4.39 Å². The van der Waals surface area contributed by atoms with E-state index in [4.69, 9.17) is 4.74 Å². The largest absolute Gasteiger partial charge is 0.481 e. The summed E-state index contributed by atoms with van der Waals surface area (Å²) < 4.78 is 18.6. The lowest BCUT2D eigenvalue weighted by Gasteiger charge is -2.33. The van der Waals surface area contributed by atoms with Gasteiger partial charge in [0.25, 0.3) is 5.91 Å². The Hall–Kier alpha value is -2.56. The van der Waals surface area contributed by atoms with Crippen LogP contribution in [0.2, 0.25) is 0 Å². The number of hydrogen-bond donors (Lipinski definition) is 1. The molecule has 0 aliphatic carbocycles. The average Bonchev–Trinajstić information content (AvgIpc) is 2.69. The third-order valence-electron chi connectivity index (χ3n) is 5.27. The van der Waals surface area contributed by atoms with E-state index in [0.717, 1.165) is 24.6 Å². The molecule has 1 fully saturated rings. The molecule has 5 heteroatoms. The molecule has 0 spiro atoms. The highest BCUT2D eigenvalue weighted by molar-refractivity contribution is 5.81. The molecule has 0 radical (unpaired) electrons.